The molecule has 1 rings (SSSR count). The van der Waals surface area contributed by atoms with Crippen molar-refractivity contribution in [3.8, 4) is 5.75 Å². The predicted octanol–water partition coefficient (Wildman–Crippen LogP) is 2.30. The van der Waals surface area contributed by atoms with Gasteiger partial charge in [0, 0.05) is 17.1 Å². The van der Waals surface area contributed by atoms with Crippen molar-refractivity contribution >= 4 is 8.69 Å². The van der Waals surface area contributed by atoms with E-state index in [0.29, 0.717) is 5.75 Å². The quantitative estimate of drug-likeness (QED) is 0.592. The van der Waals surface area contributed by atoms with E-state index in [4.69, 9.17) is 4.52 Å². The number of rotatable bonds is 3. The first kappa shape index (κ1) is 11.8. The molecular formula is C8H11CuO2P. The molecule has 0 bridgehead atoms. The molecule has 0 amide bonds. The zero-order valence-corrected chi connectivity index (χ0v) is 8.81. The van der Waals surface area contributed by atoms with E-state index in [0.717, 1.165) is 6.42 Å². The molecule has 0 saturated carbocycles. The molecule has 2 nitrogen and oxygen atoms in total. The summed E-state index contributed by atoms with van der Waals surface area (Å²) in [5.41, 5.74) is 1.26. The number of aryl methyl sites for hydroxylation is 1. The normalized spacial score (nSPS) is 9.75. The van der Waals surface area contributed by atoms with Gasteiger partial charge >= 0.3 is 0 Å². The molecule has 0 fully saturated rings. The standard InChI is InChI=1S/C8H11O2P.Cu/c1-2-7-3-5-8(6-4-7)10-11-9;/h3-6H,2,11H2,1H3;. The fourth-order valence-corrected chi connectivity index (χ4v) is 1.13. The fourth-order valence-electron chi connectivity index (χ4n) is 0.859. The molecule has 1 unspecified atom stereocenters. The third-order valence-electron chi connectivity index (χ3n) is 1.52. The van der Waals surface area contributed by atoms with Crippen molar-refractivity contribution in [1.82, 2.24) is 0 Å². The van der Waals surface area contributed by atoms with Crippen LogP contribution < -0.4 is 4.52 Å². The summed E-state index contributed by atoms with van der Waals surface area (Å²) in [6.07, 6.45) is 1.02. The van der Waals surface area contributed by atoms with Crippen molar-refractivity contribution in [2.75, 3.05) is 0 Å². The Bertz CT molecular complexity index is 235. The van der Waals surface area contributed by atoms with Crippen molar-refractivity contribution < 1.29 is 26.2 Å². The van der Waals surface area contributed by atoms with Gasteiger partial charge < -0.3 is 4.52 Å². The maximum absolute atomic E-state index is 10.1. The summed E-state index contributed by atoms with van der Waals surface area (Å²) in [7, 11) is -1.14. The van der Waals surface area contributed by atoms with Gasteiger partial charge in [0.05, 0.1) is 0 Å². The topological polar surface area (TPSA) is 26.3 Å². The van der Waals surface area contributed by atoms with Gasteiger partial charge in [-0.2, -0.15) is 0 Å². The van der Waals surface area contributed by atoms with Crippen LogP contribution in [0.1, 0.15) is 12.5 Å². The second kappa shape index (κ2) is 6.30. The van der Waals surface area contributed by atoms with E-state index >= 15 is 0 Å². The summed E-state index contributed by atoms with van der Waals surface area (Å²) in [4.78, 5) is 0. The van der Waals surface area contributed by atoms with Gasteiger partial charge in [0.15, 0.2) is 0 Å². The van der Waals surface area contributed by atoms with E-state index in [2.05, 4.69) is 6.92 Å². The molecular weight excluding hydrogens is 223 g/mol. The van der Waals surface area contributed by atoms with Crippen molar-refractivity contribution in [2.45, 2.75) is 13.3 Å². The molecule has 0 spiro atoms. The SMILES string of the molecule is CCc1ccc(O[PH2]=O)cc1.[Cu]. The molecule has 0 aromatic heterocycles. The number of benzene rings is 1. The van der Waals surface area contributed by atoms with Crippen LogP contribution in [0.3, 0.4) is 0 Å². The van der Waals surface area contributed by atoms with Crippen LogP contribution in [0.25, 0.3) is 0 Å². The third kappa shape index (κ3) is 3.44. The third-order valence-corrected chi connectivity index (χ3v) is 1.88. The van der Waals surface area contributed by atoms with Gasteiger partial charge in [0.2, 0.25) is 8.69 Å². The van der Waals surface area contributed by atoms with Gasteiger partial charge in [-0.1, -0.05) is 19.1 Å². The molecule has 0 aliphatic rings. The minimum atomic E-state index is -1.14. The van der Waals surface area contributed by atoms with Crippen molar-refractivity contribution in [3.63, 3.8) is 0 Å². The summed E-state index contributed by atoms with van der Waals surface area (Å²) in [5.74, 6) is 0.687. The van der Waals surface area contributed by atoms with Crippen LogP contribution in [0.15, 0.2) is 24.3 Å². The average Bonchev–Trinajstić information content (AvgIpc) is 2.07. The van der Waals surface area contributed by atoms with Gasteiger partial charge in [-0.25, -0.2) is 0 Å². The summed E-state index contributed by atoms with van der Waals surface area (Å²) in [6.45, 7) is 2.09. The molecule has 4 heteroatoms. The summed E-state index contributed by atoms with van der Waals surface area (Å²) in [5, 5.41) is 0. The molecule has 0 N–H and O–H groups in total. The first-order chi connectivity index (χ1) is 5.36. The Morgan fingerprint density at radius 2 is 1.92 bits per heavy atom. The van der Waals surface area contributed by atoms with Crippen molar-refractivity contribution in [1.29, 1.82) is 0 Å². The maximum Gasteiger partial charge on any atom is 0.225 e. The van der Waals surface area contributed by atoms with Gasteiger partial charge in [-0.05, 0) is 24.1 Å². The van der Waals surface area contributed by atoms with Gasteiger partial charge in [-0.15, -0.1) is 0 Å². The molecule has 1 atom stereocenters. The van der Waals surface area contributed by atoms with E-state index in [1.807, 2.05) is 24.3 Å². The van der Waals surface area contributed by atoms with Crippen LogP contribution in [-0.4, -0.2) is 0 Å². The van der Waals surface area contributed by atoms with E-state index in [-0.39, 0.29) is 17.1 Å². The monoisotopic (exact) mass is 233 g/mol. The van der Waals surface area contributed by atoms with Crippen molar-refractivity contribution in [2.24, 2.45) is 0 Å². The average molecular weight is 234 g/mol. The number of hydrogen-bond acceptors (Lipinski definition) is 2. The Labute approximate surface area is 84.1 Å². The summed E-state index contributed by atoms with van der Waals surface area (Å²) in [6, 6.07) is 7.63. The molecule has 0 heterocycles. The molecule has 1 aromatic carbocycles. The Kier molecular flexibility index (Phi) is 6.18. The minimum Gasteiger partial charge on any atom is -0.447 e. The molecule has 0 aliphatic carbocycles. The maximum atomic E-state index is 10.1. The smallest absolute Gasteiger partial charge is 0.225 e. The van der Waals surface area contributed by atoms with Crippen LogP contribution in [0.5, 0.6) is 5.75 Å². The molecule has 1 aromatic rings. The first-order valence-electron chi connectivity index (χ1n) is 3.56. The Balaban J connectivity index is 0.00000121. The zero-order chi connectivity index (χ0) is 8.10. The Morgan fingerprint density at radius 3 is 2.33 bits per heavy atom. The summed E-state index contributed by atoms with van der Waals surface area (Å²) < 4.78 is 14.9. The van der Waals surface area contributed by atoms with E-state index in [1.165, 1.54) is 5.56 Å². The van der Waals surface area contributed by atoms with Crippen LogP contribution in [0, 0.1) is 0 Å². The molecule has 0 aliphatic heterocycles. The first-order valence-corrected chi connectivity index (χ1v) is 4.50. The van der Waals surface area contributed by atoms with Crippen molar-refractivity contribution in [3.05, 3.63) is 29.8 Å². The van der Waals surface area contributed by atoms with Crippen LogP contribution in [0.4, 0.5) is 0 Å². The fraction of sp³-hybridized carbons (Fsp3) is 0.250. The molecule has 0 saturated heterocycles. The van der Waals surface area contributed by atoms with Crippen LogP contribution in [0.2, 0.25) is 0 Å². The minimum absolute atomic E-state index is 0. The van der Waals surface area contributed by atoms with Crippen LogP contribution in [-0.2, 0) is 28.1 Å². The molecule has 1 radical (unpaired) electrons. The second-order valence-corrected chi connectivity index (χ2v) is 2.64. The predicted molar refractivity (Wildman–Crippen MR) is 46.8 cm³/mol. The van der Waals surface area contributed by atoms with Gasteiger partial charge in [0.1, 0.15) is 5.75 Å². The largest absolute Gasteiger partial charge is 0.447 e. The van der Waals surface area contributed by atoms with Crippen LogP contribution >= 0.6 is 8.69 Å². The van der Waals surface area contributed by atoms with E-state index in [1.54, 1.807) is 0 Å². The van der Waals surface area contributed by atoms with E-state index in [9.17, 15) is 4.57 Å². The second-order valence-electron chi connectivity index (χ2n) is 2.21. The Hall–Kier alpha value is -0.231. The number of hydrogen-bond donors (Lipinski definition) is 0. The zero-order valence-electron chi connectivity index (χ0n) is 6.71. The van der Waals surface area contributed by atoms with E-state index < -0.39 is 8.69 Å². The van der Waals surface area contributed by atoms with Gasteiger partial charge in [0.25, 0.3) is 0 Å². The molecule has 12 heavy (non-hydrogen) atoms. The van der Waals surface area contributed by atoms with Gasteiger partial charge in [-0.3, -0.25) is 4.57 Å². The summed E-state index contributed by atoms with van der Waals surface area (Å²) >= 11 is 0. The molecule has 71 valence electrons. The Morgan fingerprint density at radius 1 is 1.33 bits per heavy atom.